The van der Waals surface area contributed by atoms with Crippen LogP contribution in [0.3, 0.4) is 0 Å². The zero-order chi connectivity index (χ0) is 17.5. The predicted octanol–water partition coefficient (Wildman–Crippen LogP) is 2.93. The standard InChI is InChI=1S/C16H16ClN3O4/c1-24-9-8-19(11-12-4-6-18-7-5-12)16(21)13-2-3-14(17)15(10-13)20(22)23/h2-7,10H,8-9,11H2,1H3. The summed E-state index contributed by atoms with van der Waals surface area (Å²) in [5.74, 6) is -0.330. The number of rotatable bonds is 7. The molecule has 0 fully saturated rings. The van der Waals surface area contributed by atoms with E-state index in [1.165, 1.54) is 18.2 Å². The highest BCUT2D eigenvalue weighted by Crippen LogP contribution is 2.26. The van der Waals surface area contributed by atoms with Crippen molar-refractivity contribution in [1.82, 2.24) is 9.88 Å². The molecule has 0 atom stereocenters. The maximum atomic E-state index is 12.7. The van der Waals surface area contributed by atoms with Gasteiger partial charge >= 0.3 is 0 Å². The van der Waals surface area contributed by atoms with E-state index < -0.39 is 4.92 Å². The number of halogens is 1. The number of amides is 1. The second-order valence-electron chi connectivity index (χ2n) is 5.00. The second-order valence-corrected chi connectivity index (χ2v) is 5.41. The van der Waals surface area contributed by atoms with Crippen molar-refractivity contribution in [2.75, 3.05) is 20.3 Å². The van der Waals surface area contributed by atoms with Crippen LogP contribution in [0.4, 0.5) is 5.69 Å². The van der Waals surface area contributed by atoms with Crippen molar-refractivity contribution in [3.63, 3.8) is 0 Å². The Morgan fingerprint density at radius 1 is 1.33 bits per heavy atom. The van der Waals surface area contributed by atoms with E-state index in [-0.39, 0.29) is 22.2 Å². The topological polar surface area (TPSA) is 85.6 Å². The molecule has 1 amide bonds. The van der Waals surface area contributed by atoms with Crippen molar-refractivity contribution in [2.45, 2.75) is 6.54 Å². The Hall–Kier alpha value is -2.51. The fraction of sp³-hybridized carbons (Fsp3) is 0.250. The molecule has 2 aromatic rings. The van der Waals surface area contributed by atoms with Gasteiger partial charge in [-0.05, 0) is 29.8 Å². The van der Waals surface area contributed by atoms with E-state index in [2.05, 4.69) is 4.98 Å². The lowest BCUT2D eigenvalue weighted by Gasteiger charge is -2.22. The van der Waals surface area contributed by atoms with Gasteiger partial charge in [0.25, 0.3) is 11.6 Å². The van der Waals surface area contributed by atoms with E-state index in [9.17, 15) is 14.9 Å². The number of carbonyl (C=O) groups excluding carboxylic acids is 1. The summed E-state index contributed by atoms with van der Waals surface area (Å²) in [6.45, 7) is 1.06. The van der Waals surface area contributed by atoms with Crippen LogP contribution < -0.4 is 0 Å². The first-order valence-electron chi connectivity index (χ1n) is 7.14. The highest BCUT2D eigenvalue weighted by atomic mass is 35.5. The van der Waals surface area contributed by atoms with Gasteiger partial charge in [-0.25, -0.2) is 0 Å². The summed E-state index contributed by atoms with van der Waals surface area (Å²) in [5.41, 5.74) is 0.812. The van der Waals surface area contributed by atoms with Gasteiger partial charge in [0.15, 0.2) is 0 Å². The van der Waals surface area contributed by atoms with Crippen LogP contribution in [0.5, 0.6) is 0 Å². The Labute approximate surface area is 144 Å². The molecular weight excluding hydrogens is 334 g/mol. The average Bonchev–Trinajstić information content (AvgIpc) is 2.59. The minimum absolute atomic E-state index is 0.00544. The van der Waals surface area contributed by atoms with Crippen molar-refractivity contribution in [2.24, 2.45) is 0 Å². The van der Waals surface area contributed by atoms with E-state index in [4.69, 9.17) is 16.3 Å². The summed E-state index contributed by atoms with van der Waals surface area (Å²) in [6, 6.07) is 7.63. The first kappa shape index (κ1) is 17.8. The molecule has 0 saturated carbocycles. The molecule has 0 aliphatic carbocycles. The summed E-state index contributed by atoms with van der Waals surface area (Å²) in [6.07, 6.45) is 3.28. The molecule has 7 nitrogen and oxygen atoms in total. The molecular formula is C16H16ClN3O4. The number of hydrogen-bond donors (Lipinski definition) is 0. The van der Waals surface area contributed by atoms with E-state index >= 15 is 0 Å². The Balaban J connectivity index is 2.27. The number of nitrogens with zero attached hydrogens (tertiary/aromatic N) is 3. The Kier molecular flexibility index (Phi) is 6.22. The van der Waals surface area contributed by atoms with Crippen molar-refractivity contribution >= 4 is 23.2 Å². The van der Waals surface area contributed by atoms with Gasteiger partial charge in [-0.2, -0.15) is 0 Å². The minimum atomic E-state index is -0.610. The molecule has 0 radical (unpaired) electrons. The van der Waals surface area contributed by atoms with Crippen LogP contribution in [0.25, 0.3) is 0 Å². The van der Waals surface area contributed by atoms with E-state index in [1.807, 2.05) is 0 Å². The fourth-order valence-corrected chi connectivity index (χ4v) is 2.32. The van der Waals surface area contributed by atoms with E-state index in [0.717, 1.165) is 5.56 Å². The normalized spacial score (nSPS) is 10.4. The van der Waals surface area contributed by atoms with Crippen LogP contribution in [0.2, 0.25) is 5.02 Å². The Bertz CT molecular complexity index is 725. The lowest BCUT2D eigenvalue weighted by Crippen LogP contribution is -2.33. The molecule has 0 spiro atoms. The van der Waals surface area contributed by atoms with Gasteiger partial charge in [-0.15, -0.1) is 0 Å². The molecule has 126 valence electrons. The fourth-order valence-electron chi connectivity index (χ4n) is 2.13. The Morgan fingerprint density at radius 3 is 2.67 bits per heavy atom. The van der Waals surface area contributed by atoms with Gasteiger partial charge in [0.1, 0.15) is 5.02 Å². The highest BCUT2D eigenvalue weighted by Gasteiger charge is 2.20. The maximum Gasteiger partial charge on any atom is 0.288 e. The molecule has 1 aromatic carbocycles. The minimum Gasteiger partial charge on any atom is -0.383 e. The highest BCUT2D eigenvalue weighted by molar-refractivity contribution is 6.32. The van der Waals surface area contributed by atoms with Gasteiger partial charge in [0.2, 0.25) is 0 Å². The second kappa shape index (κ2) is 8.37. The number of hydrogen-bond acceptors (Lipinski definition) is 5. The van der Waals surface area contributed by atoms with Crippen LogP contribution in [-0.2, 0) is 11.3 Å². The molecule has 0 aliphatic rings. The molecule has 0 unspecified atom stereocenters. The van der Waals surface area contributed by atoms with Crippen LogP contribution in [0.15, 0.2) is 42.7 Å². The third-order valence-corrected chi connectivity index (χ3v) is 3.68. The van der Waals surface area contributed by atoms with Crippen LogP contribution in [-0.4, -0.2) is 41.0 Å². The summed E-state index contributed by atoms with van der Waals surface area (Å²) in [7, 11) is 1.54. The maximum absolute atomic E-state index is 12.7. The third-order valence-electron chi connectivity index (χ3n) is 3.37. The molecule has 24 heavy (non-hydrogen) atoms. The number of nitro groups is 1. The number of aromatic nitrogens is 1. The number of nitro benzene ring substituents is 1. The van der Waals surface area contributed by atoms with E-state index in [1.54, 1.807) is 36.5 Å². The number of methoxy groups -OCH3 is 1. The largest absolute Gasteiger partial charge is 0.383 e. The van der Waals surface area contributed by atoms with Gasteiger partial charge in [-0.3, -0.25) is 19.9 Å². The lowest BCUT2D eigenvalue weighted by molar-refractivity contribution is -0.384. The lowest BCUT2D eigenvalue weighted by atomic mass is 10.1. The summed E-state index contributed by atoms with van der Waals surface area (Å²) >= 11 is 5.80. The molecule has 8 heteroatoms. The third kappa shape index (κ3) is 4.50. The van der Waals surface area contributed by atoms with Crippen molar-refractivity contribution in [3.8, 4) is 0 Å². The number of benzene rings is 1. The average molecular weight is 350 g/mol. The molecule has 0 aliphatic heterocycles. The summed E-state index contributed by atoms with van der Waals surface area (Å²) in [4.78, 5) is 28.6. The molecule has 2 rings (SSSR count). The molecule has 0 saturated heterocycles. The smallest absolute Gasteiger partial charge is 0.288 e. The summed E-state index contributed by atoms with van der Waals surface area (Å²) < 4.78 is 5.04. The van der Waals surface area contributed by atoms with Crippen molar-refractivity contribution < 1.29 is 14.5 Å². The van der Waals surface area contributed by atoms with Gasteiger partial charge in [0, 0.05) is 44.2 Å². The van der Waals surface area contributed by atoms with Crippen LogP contribution >= 0.6 is 11.6 Å². The van der Waals surface area contributed by atoms with Gasteiger partial charge in [-0.1, -0.05) is 11.6 Å². The van der Waals surface area contributed by atoms with Crippen LogP contribution in [0, 0.1) is 10.1 Å². The first-order valence-corrected chi connectivity index (χ1v) is 7.51. The number of pyridine rings is 1. The zero-order valence-electron chi connectivity index (χ0n) is 13.0. The van der Waals surface area contributed by atoms with Gasteiger partial charge < -0.3 is 9.64 Å². The summed E-state index contributed by atoms with van der Waals surface area (Å²) in [5, 5.41) is 11.0. The Morgan fingerprint density at radius 2 is 2.04 bits per heavy atom. The van der Waals surface area contributed by atoms with E-state index in [0.29, 0.717) is 19.7 Å². The quantitative estimate of drug-likeness (QED) is 0.566. The number of carbonyl (C=O) groups is 1. The SMILES string of the molecule is COCCN(Cc1ccncc1)C(=O)c1ccc(Cl)c([N+](=O)[O-])c1. The van der Waals surface area contributed by atoms with Crippen molar-refractivity contribution in [1.29, 1.82) is 0 Å². The first-order chi connectivity index (χ1) is 11.5. The monoisotopic (exact) mass is 349 g/mol. The predicted molar refractivity (Wildman–Crippen MR) is 89.0 cm³/mol. The van der Waals surface area contributed by atoms with Crippen molar-refractivity contribution in [3.05, 3.63) is 69.0 Å². The molecule has 0 N–H and O–H groups in total. The zero-order valence-corrected chi connectivity index (χ0v) is 13.8. The van der Waals surface area contributed by atoms with Crippen LogP contribution in [0.1, 0.15) is 15.9 Å². The molecule has 1 aromatic heterocycles. The number of ether oxygens (including phenoxy) is 1. The van der Waals surface area contributed by atoms with Gasteiger partial charge in [0.05, 0.1) is 11.5 Å². The molecule has 1 heterocycles. The molecule has 0 bridgehead atoms.